The molecule has 1 N–H and O–H groups in total. The van der Waals surface area contributed by atoms with E-state index in [1.54, 1.807) is 0 Å². The standard InChI is InChI=1S/C24H25O2P.BrH/c1-2-3-19-23(24(25)26)27(20-13-7-4-8-14-20,21-15-9-5-10-16-21)22-17-11-6-12-18-22;/h4-18,23H,2-3,19H2,1H3;1H/p+1. The van der Waals surface area contributed by atoms with Crippen LogP contribution in [0.1, 0.15) is 26.2 Å². The fraction of sp³-hybridized carbons (Fsp3) is 0.208. The molecule has 0 fully saturated rings. The van der Waals surface area contributed by atoms with Crippen LogP contribution in [-0.2, 0) is 4.79 Å². The predicted molar refractivity (Wildman–Crippen MR) is 126 cm³/mol. The second-order valence-corrected chi connectivity index (χ2v) is 10.3. The molecule has 3 rings (SSSR count). The summed E-state index contributed by atoms with van der Waals surface area (Å²) in [5.74, 6) is -0.701. The first-order valence-electron chi connectivity index (χ1n) is 9.49. The lowest BCUT2D eigenvalue weighted by Crippen LogP contribution is -2.42. The molecular weight excluding hydrogens is 431 g/mol. The molecule has 0 aliphatic rings. The second-order valence-electron chi connectivity index (χ2n) is 6.73. The molecule has 0 saturated heterocycles. The van der Waals surface area contributed by atoms with Gasteiger partial charge in [0.2, 0.25) is 0 Å². The van der Waals surface area contributed by atoms with Crippen molar-refractivity contribution in [1.82, 2.24) is 0 Å². The molecule has 1 unspecified atom stereocenters. The molecule has 0 aliphatic carbocycles. The van der Waals surface area contributed by atoms with Crippen molar-refractivity contribution >= 4 is 46.1 Å². The first kappa shape index (κ1) is 22.3. The molecule has 0 aromatic heterocycles. The van der Waals surface area contributed by atoms with E-state index in [0.29, 0.717) is 6.42 Å². The van der Waals surface area contributed by atoms with Gasteiger partial charge in [-0.2, -0.15) is 0 Å². The van der Waals surface area contributed by atoms with Crippen LogP contribution in [0.2, 0.25) is 0 Å². The fourth-order valence-corrected chi connectivity index (χ4v) is 8.66. The van der Waals surface area contributed by atoms with Gasteiger partial charge in [-0.3, -0.25) is 0 Å². The van der Waals surface area contributed by atoms with Crippen molar-refractivity contribution < 1.29 is 9.90 Å². The van der Waals surface area contributed by atoms with E-state index in [2.05, 4.69) is 43.3 Å². The Hall–Kier alpha value is -1.96. The zero-order valence-corrected chi connectivity index (χ0v) is 18.7. The van der Waals surface area contributed by atoms with E-state index in [0.717, 1.165) is 28.8 Å². The molecule has 0 bridgehead atoms. The minimum Gasteiger partial charge on any atom is -0.478 e. The van der Waals surface area contributed by atoms with E-state index in [9.17, 15) is 9.90 Å². The van der Waals surface area contributed by atoms with Crippen LogP contribution in [0.5, 0.6) is 0 Å². The van der Waals surface area contributed by atoms with Crippen molar-refractivity contribution in [2.75, 3.05) is 0 Å². The van der Waals surface area contributed by atoms with Gasteiger partial charge in [0.1, 0.15) is 23.2 Å². The average Bonchev–Trinajstić information content (AvgIpc) is 2.73. The van der Waals surface area contributed by atoms with Gasteiger partial charge in [0.15, 0.2) is 5.66 Å². The van der Waals surface area contributed by atoms with Crippen molar-refractivity contribution in [2.24, 2.45) is 0 Å². The van der Waals surface area contributed by atoms with Gasteiger partial charge >= 0.3 is 5.97 Å². The molecular formula is C24H27BrO2P+. The lowest BCUT2D eigenvalue weighted by atomic mass is 10.2. The van der Waals surface area contributed by atoms with Crippen LogP contribution in [-0.4, -0.2) is 16.7 Å². The second kappa shape index (κ2) is 10.5. The van der Waals surface area contributed by atoms with E-state index in [-0.39, 0.29) is 17.0 Å². The monoisotopic (exact) mass is 457 g/mol. The van der Waals surface area contributed by atoms with Crippen LogP contribution in [0.15, 0.2) is 91.0 Å². The Morgan fingerprint density at radius 3 is 1.43 bits per heavy atom. The van der Waals surface area contributed by atoms with E-state index < -0.39 is 18.9 Å². The molecule has 0 aliphatic heterocycles. The van der Waals surface area contributed by atoms with Crippen molar-refractivity contribution in [1.29, 1.82) is 0 Å². The van der Waals surface area contributed by atoms with Crippen LogP contribution >= 0.6 is 24.2 Å². The highest BCUT2D eigenvalue weighted by atomic mass is 79.9. The Kier molecular flexibility index (Phi) is 8.41. The van der Waals surface area contributed by atoms with Gasteiger partial charge in [-0.05, 0) is 49.2 Å². The number of hydrogen-bond donors (Lipinski definition) is 1. The summed E-state index contributed by atoms with van der Waals surface area (Å²) in [5, 5.41) is 13.7. The number of unbranched alkanes of at least 4 members (excludes halogenated alkanes) is 1. The summed E-state index contributed by atoms with van der Waals surface area (Å²) < 4.78 is 0. The maximum absolute atomic E-state index is 12.6. The van der Waals surface area contributed by atoms with Crippen molar-refractivity contribution in [3.05, 3.63) is 91.0 Å². The number of aliphatic carboxylic acids is 1. The average molecular weight is 458 g/mol. The number of carboxylic acid groups (broad SMARTS) is 1. The lowest BCUT2D eigenvalue weighted by molar-refractivity contribution is -0.136. The molecule has 2 nitrogen and oxygen atoms in total. The zero-order chi connectivity index (χ0) is 19.1. The third-order valence-corrected chi connectivity index (χ3v) is 9.83. The SMILES string of the molecule is Br.CCCCC(C(=O)O)[P+](c1ccccc1)(c1ccccc1)c1ccccc1. The predicted octanol–water partition coefficient (Wildman–Crippen LogP) is 5.20. The maximum atomic E-state index is 12.6. The third-order valence-electron chi connectivity index (χ3n) is 5.07. The summed E-state index contributed by atoms with van der Waals surface area (Å²) in [6, 6.07) is 30.8. The lowest BCUT2D eigenvalue weighted by Gasteiger charge is -2.32. The molecule has 28 heavy (non-hydrogen) atoms. The quantitative estimate of drug-likeness (QED) is 0.471. The number of carbonyl (C=O) groups is 1. The Bertz CT molecular complexity index is 757. The van der Waals surface area contributed by atoms with Crippen LogP contribution in [0.3, 0.4) is 0 Å². The zero-order valence-electron chi connectivity index (χ0n) is 16.1. The number of hydrogen-bond acceptors (Lipinski definition) is 1. The van der Waals surface area contributed by atoms with Gasteiger partial charge < -0.3 is 5.11 Å². The molecule has 146 valence electrons. The van der Waals surface area contributed by atoms with Crippen molar-refractivity contribution in [3.63, 3.8) is 0 Å². The van der Waals surface area contributed by atoms with Gasteiger partial charge in [-0.25, -0.2) is 4.79 Å². The number of benzene rings is 3. The summed E-state index contributed by atoms with van der Waals surface area (Å²) >= 11 is 0. The Morgan fingerprint density at radius 1 is 0.786 bits per heavy atom. The largest absolute Gasteiger partial charge is 0.478 e. The molecule has 4 heteroatoms. The Balaban J connectivity index is 0.00000280. The van der Waals surface area contributed by atoms with Crippen LogP contribution in [0.4, 0.5) is 0 Å². The summed E-state index contributed by atoms with van der Waals surface area (Å²) in [6.07, 6.45) is 2.58. The summed E-state index contributed by atoms with van der Waals surface area (Å²) in [4.78, 5) is 12.6. The van der Waals surface area contributed by atoms with Crippen LogP contribution in [0, 0.1) is 0 Å². The first-order chi connectivity index (χ1) is 13.2. The molecule has 0 radical (unpaired) electrons. The molecule has 0 heterocycles. The fourth-order valence-electron chi connectivity index (χ4n) is 3.86. The number of halogens is 1. The third kappa shape index (κ3) is 4.37. The van der Waals surface area contributed by atoms with Gasteiger partial charge in [-0.15, -0.1) is 17.0 Å². The Morgan fingerprint density at radius 2 is 1.14 bits per heavy atom. The summed E-state index contributed by atoms with van der Waals surface area (Å²) in [7, 11) is -2.35. The Labute approximate surface area is 178 Å². The normalized spacial score (nSPS) is 12.0. The van der Waals surface area contributed by atoms with Crippen molar-refractivity contribution in [2.45, 2.75) is 31.8 Å². The summed E-state index contributed by atoms with van der Waals surface area (Å²) in [6.45, 7) is 2.12. The highest BCUT2D eigenvalue weighted by molar-refractivity contribution is 8.93. The molecule has 0 amide bonds. The van der Waals surface area contributed by atoms with Gasteiger partial charge in [-0.1, -0.05) is 67.9 Å². The van der Waals surface area contributed by atoms with E-state index >= 15 is 0 Å². The van der Waals surface area contributed by atoms with E-state index in [1.165, 1.54) is 0 Å². The van der Waals surface area contributed by atoms with Crippen molar-refractivity contribution in [3.8, 4) is 0 Å². The highest BCUT2D eigenvalue weighted by Crippen LogP contribution is 2.61. The molecule has 0 spiro atoms. The molecule has 1 atom stereocenters. The number of rotatable bonds is 8. The molecule has 0 saturated carbocycles. The maximum Gasteiger partial charge on any atom is 0.345 e. The summed E-state index contributed by atoms with van der Waals surface area (Å²) in [5.41, 5.74) is -0.440. The smallest absolute Gasteiger partial charge is 0.345 e. The minimum absolute atomic E-state index is 0. The van der Waals surface area contributed by atoms with E-state index in [1.807, 2.05) is 54.6 Å². The molecule has 3 aromatic rings. The van der Waals surface area contributed by atoms with Gasteiger partial charge in [0, 0.05) is 0 Å². The number of carboxylic acids is 1. The van der Waals surface area contributed by atoms with Gasteiger partial charge in [0.05, 0.1) is 0 Å². The minimum atomic E-state index is -2.35. The van der Waals surface area contributed by atoms with Gasteiger partial charge in [0.25, 0.3) is 0 Å². The first-order valence-corrected chi connectivity index (χ1v) is 11.4. The van der Waals surface area contributed by atoms with E-state index in [4.69, 9.17) is 0 Å². The van der Waals surface area contributed by atoms with Crippen LogP contribution < -0.4 is 15.9 Å². The topological polar surface area (TPSA) is 37.3 Å². The van der Waals surface area contributed by atoms with Crippen LogP contribution in [0.25, 0.3) is 0 Å². The molecule has 3 aromatic carbocycles. The highest BCUT2D eigenvalue weighted by Gasteiger charge is 2.55.